The van der Waals surface area contributed by atoms with Gasteiger partial charge in [-0.3, -0.25) is 10.1 Å². The van der Waals surface area contributed by atoms with E-state index in [-0.39, 0.29) is 17.5 Å². The summed E-state index contributed by atoms with van der Waals surface area (Å²) in [5.74, 6) is 0.278. The van der Waals surface area contributed by atoms with Crippen molar-refractivity contribution >= 4 is 11.4 Å². The SMILES string of the molecule is COc1ccc(NC2Cc3ccccc3C2)cc1[N+](=O)[O-]. The quantitative estimate of drug-likeness (QED) is 0.691. The van der Waals surface area contributed by atoms with Crippen LogP contribution in [0, 0.1) is 10.1 Å². The van der Waals surface area contributed by atoms with Gasteiger partial charge in [-0.05, 0) is 36.1 Å². The Hall–Kier alpha value is -2.56. The van der Waals surface area contributed by atoms with Crippen LogP contribution in [0.25, 0.3) is 0 Å². The number of nitro benzene ring substituents is 1. The van der Waals surface area contributed by atoms with Crippen LogP contribution in [0.4, 0.5) is 11.4 Å². The van der Waals surface area contributed by atoms with Gasteiger partial charge in [0.2, 0.25) is 0 Å². The molecule has 0 atom stereocenters. The van der Waals surface area contributed by atoms with Crippen LogP contribution in [0.1, 0.15) is 11.1 Å². The van der Waals surface area contributed by atoms with Gasteiger partial charge < -0.3 is 10.1 Å². The maximum atomic E-state index is 11.0. The molecule has 0 unspecified atom stereocenters. The summed E-state index contributed by atoms with van der Waals surface area (Å²) in [7, 11) is 1.43. The number of hydrogen-bond donors (Lipinski definition) is 1. The molecule has 108 valence electrons. The maximum absolute atomic E-state index is 11.0. The Balaban J connectivity index is 1.78. The van der Waals surface area contributed by atoms with Gasteiger partial charge >= 0.3 is 5.69 Å². The number of methoxy groups -OCH3 is 1. The van der Waals surface area contributed by atoms with E-state index in [0.717, 1.165) is 18.5 Å². The van der Waals surface area contributed by atoms with Crippen molar-refractivity contribution in [3.05, 3.63) is 63.7 Å². The lowest BCUT2D eigenvalue weighted by Gasteiger charge is -2.14. The Morgan fingerprint density at radius 2 is 1.86 bits per heavy atom. The number of nitrogens with zero attached hydrogens (tertiary/aromatic N) is 1. The van der Waals surface area contributed by atoms with Crippen molar-refractivity contribution in [2.45, 2.75) is 18.9 Å². The Kier molecular flexibility index (Phi) is 3.48. The number of nitrogens with one attached hydrogen (secondary N) is 1. The smallest absolute Gasteiger partial charge is 0.312 e. The van der Waals surface area contributed by atoms with E-state index in [1.165, 1.54) is 24.3 Å². The van der Waals surface area contributed by atoms with E-state index in [4.69, 9.17) is 4.74 Å². The molecule has 0 fully saturated rings. The first kappa shape index (κ1) is 13.4. The number of hydrogen-bond acceptors (Lipinski definition) is 4. The van der Waals surface area contributed by atoms with Crippen molar-refractivity contribution in [1.82, 2.24) is 0 Å². The fraction of sp³-hybridized carbons (Fsp3) is 0.250. The van der Waals surface area contributed by atoms with Crippen LogP contribution in [0.5, 0.6) is 5.75 Å². The van der Waals surface area contributed by atoms with Crippen molar-refractivity contribution in [3.8, 4) is 5.75 Å². The van der Waals surface area contributed by atoms with Gasteiger partial charge in [0, 0.05) is 17.8 Å². The third-order valence-corrected chi connectivity index (χ3v) is 3.80. The van der Waals surface area contributed by atoms with Gasteiger partial charge in [-0.25, -0.2) is 0 Å². The second kappa shape index (κ2) is 5.44. The summed E-state index contributed by atoms with van der Waals surface area (Å²) in [6, 6.07) is 13.6. The van der Waals surface area contributed by atoms with Gasteiger partial charge in [0.25, 0.3) is 0 Å². The van der Waals surface area contributed by atoms with Crippen LogP contribution in [0.3, 0.4) is 0 Å². The summed E-state index contributed by atoms with van der Waals surface area (Å²) in [5, 5.41) is 14.4. The fourth-order valence-corrected chi connectivity index (χ4v) is 2.82. The maximum Gasteiger partial charge on any atom is 0.312 e. The summed E-state index contributed by atoms with van der Waals surface area (Å²) in [6.45, 7) is 0. The van der Waals surface area contributed by atoms with Crippen LogP contribution >= 0.6 is 0 Å². The molecule has 0 spiro atoms. The van der Waals surface area contributed by atoms with Gasteiger partial charge in [0.05, 0.1) is 12.0 Å². The average Bonchev–Trinajstić information content (AvgIpc) is 2.89. The molecule has 0 aliphatic heterocycles. The zero-order valence-electron chi connectivity index (χ0n) is 11.7. The van der Waals surface area contributed by atoms with E-state index < -0.39 is 4.92 Å². The summed E-state index contributed by atoms with van der Waals surface area (Å²) in [5.41, 5.74) is 3.43. The molecule has 0 amide bonds. The Labute approximate surface area is 122 Å². The number of rotatable bonds is 4. The van der Waals surface area contributed by atoms with Crippen molar-refractivity contribution in [2.75, 3.05) is 12.4 Å². The molecule has 0 aromatic heterocycles. The third-order valence-electron chi connectivity index (χ3n) is 3.80. The van der Waals surface area contributed by atoms with E-state index in [1.54, 1.807) is 6.07 Å². The first-order valence-corrected chi connectivity index (χ1v) is 6.83. The van der Waals surface area contributed by atoms with Crippen molar-refractivity contribution in [2.24, 2.45) is 0 Å². The largest absolute Gasteiger partial charge is 0.490 e. The highest BCUT2D eigenvalue weighted by molar-refractivity contribution is 5.59. The van der Waals surface area contributed by atoms with Crippen LogP contribution in [-0.4, -0.2) is 18.1 Å². The fourth-order valence-electron chi connectivity index (χ4n) is 2.82. The Morgan fingerprint density at radius 1 is 1.19 bits per heavy atom. The topological polar surface area (TPSA) is 64.4 Å². The molecule has 5 heteroatoms. The standard InChI is InChI=1S/C16H16N2O3/c1-21-16-7-6-13(10-15(16)18(19)20)17-14-8-11-4-2-3-5-12(11)9-14/h2-7,10,14,17H,8-9H2,1H3. The highest BCUT2D eigenvalue weighted by Crippen LogP contribution is 2.31. The van der Waals surface area contributed by atoms with Crippen molar-refractivity contribution in [3.63, 3.8) is 0 Å². The van der Waals surface area contributed by atoms with Crippen LogP contribution in [0.2, 0.25) is 0 Å². The molecule has 2 aromatic carbocycles. The van der Waals surface area contributed by atoms with Crippen molar-refractivity contribution < 1.29 is 9.66 Å². The van der Waals surface area contributed by atoms with E-state index in [9.17, 15) is 10.1 Å². The van der Waals surface area contributed by atoms with Gasteiger partial charge in [0.1, 0.15) is 0 Å². The minimum atomic E-state index is -0.423. The molecule has 2 aromatic rings. The Morgan fingerprint density at radius 3 is 2.43 bits per heavy atom. The van der Waals surface area contributed by atoms with Gasteiger partial charge in [0.15, 0.2) is 5.75 Å². The number of ether oxygens (including phenoxy) is 1. The molecule has 0 bridgehead atoms. The first-order valence-electron chi connectivity index (χ1n) is 6.83. The zero-order valence-corrected chi connectivity index (χ0v) is 11.7. The summed E-state index contributed by atoms with van der Waals surface area (Å²) in [6.07, 6.45) is 1.88. The molecule has 1 aliphatic rings. The Bertz CT molecular complexity index is 660. The highest BCUT2D eigenvalue weighted by Gasteiger charge is 2.22. The molecule has 3 rings (SSSR count). The summed E-state index contributed by atoms with van der Waals surface area (Å²) in [4.78, 5) is 10.6. The second-order valence-electron chi connectivity index (χ2n) is 5.16. The number of nitro groups is 1. The van der Waals surface area contributed by atoms with E-state index in [0.29, 0.717) is 0 Å². The predicted molar refractivity (Wildman–Crippen MR) is 80.9 cm³/mol. The van der Waals surface area contributed by atoms with Crippen LogP contribution in [-0.2, 0) is 12.8 Å². The number of anilines is 1. The molecule has 5 nitrogen and oxygen atoms in total. The molecule has 0 heterocycles. The van der Waals surface area contributed by atoms with E-state index in [2.05, 4.69) is 17.4 Å². The van der Waals surface area contributed by atoms with E-state index >= 15 is 0 Å². The zero-order chi connectivity index (χ0) is 14.8. The van der Waals surface area contributed by atoms with Gasteiger partial charge in [-0.1, -0.05) is 24.3 Å². The van der Waals surface area contributed by atoms with Gasteiger partial charge in [-0.2, -0.15) is 0 Å². The minimum Gasteiger partial charge on any atom is -0.490 e. The van der Waals surface area contributed by atoms with Crippen LogP contribution < -0.4 is 10.1 Å². The molecule has 0 radical (unpaired) electrons. The molecular formula is C16H16N2O3. The minimum absolute atomic E-state index is 0.0157. The molecule has 1 aliphatic carbocycles. The van der Waals surface area contributed by atoms with Crippen molar-refractivity contribution in [1.29, 1.82) is 0 Å². The van der Waals surface area contributed by atoms with Crippen LogP contribution in [0.15, 0.2) is 42.5 Å². The predicted octanol–water partition coefficient (Wildman–Crippen LogP) is 3.18. The lowest BCUT2D eigenvalue weighted by molar-refractivity contribution is -0.385. The number of fused-ring (bicyclic) bond motifs is 1. The second-order valence-corrected chi connectivity index (χ2v) is 5.16. The lowest BCUT2D eigenvalue weighted by Crippen LogP contribution is -2.19. The highest BCUT2D eigenvalue weighted by atomic mass is 16.6. The van der Waals surface area contributed by atoms with E-state index in [1.807, 2.05) is 18.2 Å². The third kappa shape index (κ3) is 2.67. The monoisotopic (exact) mass is 284 g/mol. The first-order chi connectivity index (χ1) is 10.2. The molecular weight excluding hydrogens is 268 g/mol. The molecule has 0 saturated carbocycles. The molecule has 0 saturated heterocycles. The normalized spacial score (nSPS) is 13.8. The summed E-state index contributed by atoms with van der Waals surface area (Å²) >= 11 is 0. The average molecular weight is 284 g/mol. The lowest BCUT2D eigenvalue weighted by atomic mass is 10.1. The summed E-state index contributed by atoms with van der Waals surface area (Å²) < 4.78 is 5.01. The number of benzene rings is 2. The molecule has 1 N–H and O–H groups in total. The van der Waals surface area contributed by atoms with Gasteiger partial charge in [-0.15, -0.1) is 0 Å². The molecule has 21 heavy (non-hydrogen) atoms.